The molecule has 0 bridgehead atoms. The van der Waals surface area contributed by atoms with E-state index in [1.807, 2.05) is 49.4 Å². The molecule has 2 aromatic rings. The first kappa shape index (κ1) is 16.4. The van der Waals surface area contributed by atoms with Crippen molar-refractivity contribution in [3.8, 4) is 17.6 Å². The van der Waals surface area contributed by atoms with Gasteiger partial charge >= 0.3 is 6.09 Å². The maximum Gasteiger partial charge on any atom is 0.407 e. The molecule has 0 saturated carbocycles. The molecule has 0 aliphatic rings. The second-order valence-corrected chi connectivity index (χ2v) is 5.06. The number of carbonyl (C=O) groups excluding carboxylic acids is 1. The number of carbonyl (C=O) groups is 1. The highest BCUT2D eigenvalue weighted by Crippen LogP contribution is 2.16. The molecule has 118 valence electrons. The van der Waals surface area contributed by atoms with E-state index in [-0.39, 0.29) is 12.4 Å². The molecule has 0 saturated heterocycles. The zero-order valence-electron chi connectivity index (χ0n) is 13.0. The Balaban J connectivity index is 1.70. The van der Waals surface area contributed by atoms with E-state index in [4.69, 9.17) is 4.74 Å². The summed E-state index contributed by atoms with van der Waals surface area (Å²) >= 11 is 0. The molecule has 23 heavy (non-hydrogen) atoms. The molecule has 0 aromatic heterocycles. The van der Waals surface area contributed by atoms with Crippen molar-refractivity contribution >= 4 is 6.09 Å². The predicted molar refractivity (Wildman–Crippen MR) is 89.0 cm³/mol. The number of amides is 1. The number of benzene rings is 2. The minimum Gasteiger partial charge on any atom is -0.507 e. The highest BCUT2D eigenvalue weighted by Gasteiger charge is 2.01. The number of rotatable bonds is 4. The molecule has 0 radical (unpaired) electrons. The minimum atomic E-state index is -0.464. The van der Waals surface area contributed by atoms with Crippen molar-refractivity contribution in [1.29, 1.82) is 0 Å². The zero-order chi connectivity index (χ0) is 16.5. The Bertz CT molecular complexity index is 714. The van der Waals surface area contributed by atoms with Gasteiger partial charge in [0, 0.05) is 13.0 Å². The Hall–Kier alpha value is -2.93. The van der Waals surface area contributed by atoms with Crippen molar-refractivity contribution in [3.05, 3.63) is 65.2 Å². The Morgan fingerprint density at radius 3 is 2.78 bits per heavy atom. The fourth-order valence-electron chi connectivity index (χ4n) is 1.91. The van der Waals surface area contributed by atoms with Crippen molar-refractivity contribution in [2.24, 2.45) is 0 Å². The largest absolute Gasteiger partial charge is 0.507 e. The summed E-state index contributed by atoms with van der Waals surface area (Å²) in [7, 11) is 0. The molecule has 2 aromatic carbocycles. The topological polar surface area (TPSA) is 58.6 Å². The molecular weight excluding hydrogens is 290 g/mol. The van der Waals surface area contributed by atoms with Crippen LogP contribution in [0.15, 0.2) is 48.5 Å². The fraction of sp³-hybridized carbons (Fsp3) is 0.211. The minimum absolute atomic E-state index is 0.165. The molecule has 0 heterocycles. The SMILES string of the molecule is Cc1ccc(O)c(C#CCCNC(=O)OCc2ccccc2)c1. The Kier molecular flexibility index (Phi) is 6.07. The van der Waals surface area contributed by atoms with Crippen LogP contribution < -0.4 is 5.32 Å². The van der Waals surface area contributed by atoms with Crippen molar-refractivity contribution < 1.29 is 14.6 Å². The lowest BCUT2D eigenvalue weighted by Crippen LogP contribution is -2.24. The molecule has 0 aliphatic carbocycles. The van der Waals surface area contributed by atoms with E-state index in [2.05, 4.69) is 17.2 Å². The molecule has 0 atom stereocenters. The van der Waals surface area contributed by atoms with Crippen LogP contribution in [0.2, 0.25) is 0 Å². The van der Waals surface area contributed by atoms with Gasteiger partial charge in [0.1, 0.15) is 12.4 Å². The van der Waals surface area contributed by atoms with Gasteiger partial charge in [0.15, 0.2) is 0 Å². The van der Waals surface area contributed by atoms with Crippen LogP contribution in [0, 0.1) is 18.8 Å². The summed E-state index contributed by atoms with van der Waals surface area (Å²) in [5.74, 6) is 5.98. The molecule has 0 unspecified atom stereocenters. The van der Waals surface area contributed by atoms with Gasteiger partial charge in [-0.1, -0.05) is 48.2 Å². The Labute approximate surface area is 136 Å². The predicted octanol–water partition coefficient (Wildman–Crippen LogP) is 3.37. The highest BCUT2D eigenvalue weighted by atomic mass is 16.5. The number of hydrogen-bond acceptors (Lipinski definition) is 3. The number of alkyl carbamates (subject to hydrolysis) is 1. The molecule has 0 spiro atoms. The van der Waals surface area contributed by atoms with E-state index in [0.717, 1.165) is 11.1 Å². The van der Waals surface area contributed by atoms with E-state index < -0.39 is 6.09 Å². The van der Waals surface area contributed by atoms with Gasteiger partial charge in [0.2, 0.25) is 0 Å². The smallest absolute Gasteiger partial charge is 0.407 e. The van der Waals surface area contributed by atoms with E-state index in [0.29, 0.717) is 18.5 Å². The van der Waals surface area contributed by atoms with Crippen LogP contribution in [0.3, 0.4) is 0 Å². The average molecular weight is 309 g/mol. The lowest BCUT2D eigenvalue weighted by Gasteiger charge is -2.05. The maximum atomic E-state index is 11.5. The number of phenolic OH excluding ortho intramolecular Hbond substituents is 1. The Morgan fingerprint density at radius 2 is 2.00 bits per heavy atom. The van der Waals surface area contributed by atoms with E-state index in [9.17, 15) is 9.90 Å². The van der Waals surface area contributed by atoms with Crippen molar-refractivity contribution in [3.63, 3.8) is 0 Å². The number of hydrogen-bond donors (Lipinski definition) is 2. The molecule has 4 heteroatoms. The zero-order valence-corrected chi connectivity index (χ0v) is 13.0. The molecule has 0 aliphatic heterocycles. The van der Waals surface area contributed by atoms with Gasteiger partial charge in [-0.2, -0.15) is 0 Å². The van der Waals surface area contributed by atoms with Gasteiger partial charge in [-0.05, 0) is 30.2 Å². The van der Waals surface area contributed by atoms with Gasteiger partial charge < -0.3 is 15.2 Å². The van der Waals surface area contributed by atoms with Crippen molar-refractivity contribution in [1.82, 2.24) is 5.32 Å². The third-order valence-electron chi connectivity index (χ3n) is 3.11. The third kappa shape index (κ3) is 5.76. The monoisotopic (exact) mass is 309 g/mol. The number of phenols is 1. The average Bonchev–Trinajstić information content (AvgIpc) is 2.56. The first-order chi connectivity index (χ1) is 11.1. The van der Waals surface area contributed by atoms with Crippen LogP contribution in [0.25, 0.3) is 0 Å². The van der Waals surface area contributed by atoms with Crippen LogP contribution in [0.1, 0.15) is 23.1 Å². The molecule has 4 nitrogen and oxygen atoms in total. The van der Waals surface area contributed by atoms with Crippen LogP contribution in [-0.4, -0.2) is 17.7 Å². The maximum absolute atomic E-state index is 11.5. The number of ether oxygens (including phenoxy) is 1. The summed E-state index contributed by atoms with van der Waals surface area (Å²) in [4.78, 5) is 11.5. The number of nitrogens with one attached hydrogen (secondary N) is 1. The van der Waals surface area contributed by atoms with Crippen molar-refractivity contribution in [2.45, 2.75) is 20.0 Å². The second-order valence-electron chi connectivity index (χ2n) is 5.06. The van der Waals surface area contributed by atoms with Crippen LogP contribution in [0.4, 0.5) is 4.79 Å². The highest BCUT2D eigenvalue weighted by molar-refractivity contribution is 5.67. The van der Waals surface area contributed by atoms with E-state index in [1.54, 1.807) is 6.07 Å². The summed E-state index contributed by atoms with van der Waals surface area (Å²) in [5.41, 5.74) is 2.57. The summed E-state index contributed by atoms with van der Waals surface area (Å²) in [6.07, 6.45) is 0.0161. The first-order valence-corrected chi connectivity index (χ1v) is 7.38. The molecule has 2 rings (SSSR count). The number of aryl methyl sites for hydroxylation is 1. The summed E-state index contributed by atoms with van der Waals surface area (Å²) in [6.45, 7) is 2.58. The van der Waals surface area contributed by atoms with Crippen LogP contribution in [-0.2, 0) is 11.3 Å². The van der Waals surface area contributed by atoms with E-state index in [1.165, 1.54) is 0 Å². The second kappa shape index (κ2) is 8.50. The van der Waals surface area contributed by atoms with Crippen LogP contribution in [0.5, 0.6) is 5.75 Å². The molecular formula is C19H19NO3. The van der Waals surface area contributed by atoms with Gasteiger partial charge in [-0.25, -0.2) is 4.79 Å². The van der Waals surface area contributed by atoms with Gasteiger partial charge in [-0.15, -0.1) is 0 Å². The summed E-state index contributed by atoms with van der Waals surface area (Å²) in [6, 6.07) is 14.8. The summed E-state index contributed by atoms with van der Waals surface area (Å²) < 4.78 is 5.09. The Morgan fingerprint density at radius 1 is 1.22 bits per heavy atom. The third-order valence-corrected chi connectivity index (χ3v) is 3.11. The molecule has 1 amide bonds. The standard InChI is InChI=1S/C19H19NO3/c1-15-10-11-18(21)17(13-15)9-5-6-12-20-19(22)23-14-16-7-3-2-4-8-16/h2-4,7-8,10-11,13,21H,6,12,14H2,1H3,(H,20,22). The quantitative estimate of drug-likeness (QED) is 0.672. The van der Waals surface area contributed by atoms with Gasteiger partial charge in [0.25, 0.3) is 0 Å². The fourth-order valence-corrected chi connectivity index (χ4v) is 1.91. The lowest BCUT2D eigenvalue weighted by molar-refractivity contribution is 0.140. The first-order valence-electron chi connectivity index (χ1n) is 7.38. The van der Waals surface area contributed by atoms with Crippen LogP contribution >= 0.6 is 0 Å². The van der Waals surface area contributed by atoms with Crippen molar-refractivity contribution in [2.75, 3.05) is 6.54 Å². The number of aromatic hydroxyl groups is 1. The lowest BCUT2D eigenvalue weighted by atomic mass is 10.1. The summed E-state index contributed by atoms with van der Waals surface area (Å²) in [5, 5.41) is 12.3. The van der Waals surface area contributed by atoms with Gasteiger partial charge in [-0.3, -0.25) is 0 Å². The normalized spacial score (nSPS) is 9.61. The molecule has 2 N–H and O–H groups in total. The van der Waals surface area contributed by atoms with E-state index >= 15 is 0 Å². The van der Waals surface area contributed by atoms with Gasteiger partial charge in [0.05, 0.1) is 5.56 Å². The molecule has 0 fully saturated rings.